The van der Waals surface area contributed by atoms with Gasteiger partial charge >= 0.3 is 5.97 Å². The summed E-state index contributed by atoms with van der Waals surface area (Å²) >= 11 is 0. The van der Waals surface area contributed by atoms with Crippen molar-refractivity contribution in [1.29, 1.82) is 0 Å². The molecule has 202 valence electrons. The maximum absolute atomic E-state index is 11.2. The van der Waals surface area contributed by atoms with Crippen LogP contribution in [0.15, 0.2) is 88.9 Å². The Morgan fingerprint density at radius 2 is 1.92 bits per heavy atom. The van der Waals surface area contributed by atoms with Gasteiger partial charge in [-0.1, -0.05) is 69.9 Å². The molecule has 2 N–H and O–H groups in total. The van der Waals surface area contributed by atoms with Crippen molar-refractivity contribution in [3.63, 3.8) is 0 Å². The number of carboxylic acid groups (broad SMARTS) is 1. The monoisotopic (exact) mass is 512 g/mol. The van der Waals surface area contributed by atoms with Crippen LogP contribution < -0.4 is 15.8 Å². The second kappa shape index (κ2) is 14.9. The first-order valence-electron chi connectivity index (χ1n) is 13.5. The van der Waals surface area contributed by atoms with E-state index < -0.39 is 5.97 Å². The van der Waals surface area contributed by atoms with Crippen LogP contribution in [0.3, 0.4) is 0 Å². The molecule has 2 unspecified atom stereocenters. The largest absolute Gasteiger partial charge is 0.481 e. The standard InChI is InChI=1S/C34H44N2O2/c1-9-14-28(19-24(6)20-33(37)38)26(8)27(10-2)21-30-22-29(17-16-25(30)7)31-15-12-13-18-35-34(31)32(11-3)36-23(4)5/h10-13,15-18,21-22,24,28,35H,7-9,14,19-20H2,1-6H3,(H,37,38)/b27-10+,30-21-,32-11-. The van der Waals surface area contributed by atoms with E-state index in [1.54, 1.807) is 0 Å². The average molecular weight is 513 g/mol. The Bertz CT molecular complexity index is 1310. The second-order valence-electron chi connectivity index (χ2n) is 10.1. The van der Waals surface area contributed by atoms with Crippen LogP contribution in [0.2, 0.25) is 0 Å². The van der Waals surface area contributed by atoms with Crippen LogP contribution >= 0.6 is 0 Å². The Kier molecular flexibility index (Phi) is 12.0. The fourth-order valence-corrected chi connectivity index (χ4v) is 4.77. The van der Waals surface area contributed by atoms with E-state index in [-0.39, 0.29) is 18.3 Å². The van der Waals surface area contributed by atoms with Gasteiger partial charge in [-0.3, -0.25) is 9.79 Å². The number of aliphatic imine (C=N–C) groups is 1. The molecule has 2 atom stereocenters. The highest BCUT2D eigenvalue weighted by Crippen LogP contribution is 2.31. The van der Waals surface area contributed by atoms with E-state index in [1.807, 2.05) is 59.0 Å². The van der Waals surface area contributed by atoms with E-state index in [4.69, 9.17) is 4.99 Å². The van der Waals surface area contributed by atoms with Gasteiger partial charge in [-0.05, 0) is 97.7 Å². The number of carbonyl (C=O) groups is 1. The highest BCUT2D eigenvalue weighted by Gasteiger charge is 2.19. The van der Waals surface area contributed by atoms with Crippen molar-refractivity contribution in [2.75, 3.05) is 0 Å². The van der Waals surface area contributed by atoms with Crippen LogP contribution in [0.1, 0.15) is 72.8 Å². The summed E-state index contributed by atoms with van der Waals surface area (Å²) in [5, 5.41) is 14.6. The third-order valence-corrected chi connectivity index (χ3v) is 6.63. The summed E-state index contributed by atoms with van der Waals surface area (Å²) in [5.74, 6) is -0.425. The predicted octanol–water partition coefficient (Wildman–Crippen LogP) is 7.07. The number of allylic oxidation sites excluding steroid dienone is 8. The molecule has 0 bridgehead atoms. The first kappa shape index (κ1) is 30.6. The number of rotatable bonds is 12. The molecule has 0 spiro atoms. The van der Waals surface area contributed by atoms with E-state index >= 15 is 0 Å². The molecule has 0 aromatic heterocycles. The average Bonchev–Trinajstić information content (AvgIpc) is 3.11. The molecule has 0 radical (unpaired) electrons. The van der Waals surface area contributed by atoms with Gasteiger partial charge in [0.25, 0.3) is 0 Å². The molecule has 4 nitrogen and oxygen atoms in total. The van der Waals surface area contributed by atoms with Gasteiger partial charge in [-0.15, -0.1) is 0 Å². The zero-order valence-corrected chi connectivity index (χ0v) is 24.0. The van der Waals surface area contributed by atoms with Gasteiger partial charge in [-0.2, -0.15) is 0 Å². The van der Waals surface area contributed by atoms with Crippen molar-refractivity contribution in [2.24, 2.45) is 16.8 Å². The van der Waals surface area contributed by atoms with E-state index in [0.717, 1.165) is 69.1 Å². The lowest BCUT2D eigenvalue weighted by molar-refractivity contribution is -0.138. The lowest BCUT2D eigenvalue weighted by Crippen LogP contribution is -2.24. The van der Waals surface area contributed by atoms with Crippen molar-refractivity contribution < 1.29 is 9.90 Å². The van der Waals surface area contributed by atoms with Crippen LogP contribution in [-0.2, 0) is 4.79 Å². The fourth-order valence-electron chi connectivity index (χ4n) is 4.77. The van der Waals surface area contributed by atoms with Crippen LogP contribution in [0.4, 0.5) is 0 Å². The number of nitrogens with one attached hydrogen (secondary N) is 1. The molecule has 0 aliphatic carbocycles. The van der Waals surface area contributed by atoms with Gasteiger partial charge < -0.3 is 10.4 Å². The first-order chi connectivity index (χ1) is 18.1. The molecule has 1 aromatic carbocycles. The van der Waals surface area contributed by atoms with E-state index in [9.17, 15) is 9.90 Å². The molecule has 1 aliphatic heterocycles. The molecule has 4 heteroatoms. The van der Waals surface area contributed by atoms with Crippen molar-refractivity contribution in [3.05, 3.63) is 99.9 Å². The molecular weight excluding hydrogens is 468 g/mol. The van der Waals surface area contributed by atoms with Crippen molar-refractivity contribution in [2.45, 2.75) is 67.2 Å². The van der Waals surface area contributed by atoms with Crippen molar-refractivity contribution in [1.82, 2.24) is 5.32 Å². The van der Waals surface area contributed by atoms with Crippen LogP contribution in [-0.4, -0.2) is 16.8 Å². The van der Waals surface area contributed by atoms with Gasteiger partial charge in [0.1, 0.15) is 0 Å². The normalized spacial score (nSPS) is 16.1. The summed E-state index contributed by atoms with van der Waals surface area (Å²) in [7, 11) is 0. The Hall–Kier alpha value is -3.66. The highest BCUT2D eigenvalue weighted by molar-refractivity contribution is 5.84. The SMILES string of the molecule is C=C(C(/C=c1/cc(C2=C(/C(=C/C)N=C(C)C)NC=CC=C2)ccc1=C)=C/C)C(CCC)CC(C)CC(=O)O. The van der Waals surface area contributed by atoms with Crippen LogP contribution in [0.5, 0.6) is 0 Å². The van der Waals surface area contributed by atoms with E-state index in [2.05, 4.69) is 61.8 Å². The summed E-state index contributed by atoms with van der Waals surface area (Å²) in [5.41, 5.74) is 7.07. The van der Waals surface area contributed by atoms with Gasteiger partial charge in [-0.25, -0.2) is 0 Å². The minimum absolute atomic E-state index is 0.0920. The first-order valence-corrected chi connectivity index (χ1v) is 13.5. The molecule has 1 aliphatic rings. The molecule has 0 fully saturated rings. The number of hydrogen-bond donors (Lipinski definition) is 2. The number of nitrogens with zero attached hydrogens (tertiary/aromatic N) is 1. The summed E-state index contributed by atoms with van der Waals surface area (Å²) in [6.07, 6.45) is 17.3. The Balaban J connectivity index is 2.58. The molecule has 0 saturated heterocycles. The molecule has 38 heavy (non-hydrogen) atoms. The highest BCUT2D eigenvalue weighted by atomic mass is 16.4. The summed E-state index contributed by atoms with van der Waals surface area (Å²) in [4.78, 5) is 16.0. The summed E-state index contributed by atoms with van der Waals surface area (Å²) < 4.78 is 0. The van der Waals surface area contributed by atoms with Gasteiger partial charge in [0, 0.05) is 23.9 Å². The van der Waals surface area contributed by atoms with Crippen molar-refractivity contribution >= 4 is 29.9 Å². The Labute approximate surface area is 229 Å². The van der Waals surface area contributed by atoms with Gasteiger partial charge in [0.2, 0.25) is 0 Å². The molecule has 2 rings (SSSR count). The molecule has 0 amide bonds. The number of aliphatic carboxylic acids is 1. The Morgan fingerprint density at radius 3 is 2.53 bits per heavy atom. The fraction of sp³-hybridized carbons (Fsp3) is 0.353. The smallest absolute Gasteiger partial charge is 0.303 e. The minimum Gasteiger partial charge on any atom is -0.481 e. The molecule has 0 saturated carbocycles. The number of benzene rings is 1. The van der Waals surface area contributed by atoms with Gasteiger partial charge in [0.05, 0.1) is 11.4 Å². The number of hydrogen-bond acceptors (Lipinski definition) is 3. The topological polar surface area (TPSA) is 61.7 Å². The second-order valence-corrected chi connectivity index (χ2v) is 10.1. The van der Waals surface area contributed by atoms with Crippen LogP contribution in [0.25, 0.3) is 18.2 Å². The summed E-state index contributed by atoms with van der Waals surface area (Å²) in [6, 6.07) is 6.32. The predicted molar refractivity (Wildman–Crippen MR) is 164 cm³/mol. The maximum Gasteiger partial charge on any atom is 0.303 e. The third-order valence-electron chi connectivity index (χ3n) is 6.63. The minimum atomic E-state index is -0.749. The molecule has 1 heterocycles. The quantitative estimate of drug-likeness (QED) is 0.233. The molecular formula is C34H44N2O2. The lowest BCUT2D eigenvalue weighted by Gasteiger charge is -2.23. The lowest BCUT2D eigenvalue weighted by atomic mass is 9.82. The third kappa shape index (κ3) is 8.72. The zero-order valence-electron chi connectivity index (χ0n) is 24.0. The Morgan fingerprint density at radius 1 is 1.18 bits per heavy atom. The number of carboxylic acids is 1. The van der Waals surface area contributed by atoms with Crippen molar-refractivity contribution in [3.8, 4) is 0 Å². The molecule has 1 aromatic rings. The van der Waals surface area contributed by atoms with E-state index in [1.165, 1.54) is 0 Å². The maximum atomic E-state index is 11.2. The van der Waals surface area contributed by atoms with Crippen LogP contribution in [0, 0.1) is 11.8 Å². The van der Waals surface area contributed by atoms with E-state index in [0.29, 0.717) is 0 Å². The zero-order chi connectivity index (χ0) is 28.2. The summed E-state index contributed by atoms with van der Waals surface area (Å²) in [6.45, 7) is 21.0. The van der Waals surface area contributed by atoms with Gasteiger partial charge in [0.15, 0.2) is 0 Å².